The van der Waals surface area contributed by atoms with E-state index in [-0.39, 0.29) is 30.5 Å². The second-order valence-corrected chi connectivity index (χ2v) is 10.6. The topological polar surface area (TPSA) is 111 Å². The summed E-state index contributed by atoms with van der Waals surface area (Å²) >= 11 is 0. The molecular formula is C29H31FN6O4. The van der Waals surface area contributed by atoms with Crippen molar-refractivity contribution < 1.29 is 23.5 Å². The first-order chi connectivity index (χ1) is 19.1. The van der Waals surface area contributed by atoms with E-state index in [0.29, 0.717) is 35.4 Å². The fourth-order valence-corrected chi connectivity index (χ4v) is 4.32. The molecule has 0 spiro atoms. The van der Waals surface area contributed by atoms with Crippen LogP contribution in [0.5, 0.6) is 5.75 Å². The van der Waals surface area contributed by atoms with E-state index in [0.717, 1.165) is 11.3 Å². The summed E-state index contributed by atoms with van der Waals surface area (Å²) in [6.45, 7) is 6.10. The Hall–Kier alpha value is -4.67. The summed E-state index contributed by atoms with van der Waals surface area (Å²) in [5, 5.41) is 11.2. The third-order valence-corrected chi connectivity index (χ3v) is 6.32. The summed E-state index contributed by atoms with van der Waals surface area (Å²) in [6, 6.07) is 14.6. The number of nitrogens with zero attached hydrogens (tertiary/aromatic N) is 4. The van der Waals surface area contributed by atoms with Gasteiger partial charge in [-0.1, -0.05) is 30.3 Å². The Balaban J connectivity index is 1.46. The molecule has 0 aliphatic carbocycles. The molecule has 1 aliphatic rings. The number of hydrogen-bond acceptors (Lipinski definition) is 7. The van der Waals surface area contributed by atoms with Gasteiger partial charge >= 0.3 is 6.09 Å². The lowest BCUT2D eigenvalue weighted by Crippen LogP contribution is -2.29. The number of pyridine rings is 1. The molecule has 0 saturated heterocycles. The van der Waals surface area contributed by atoms with Crippen molar-refractivity contribution in [3.63, 3.8) is 0 Å². The van der Waals surface area contributed by atoms with Crippen molar-refractivity contribution in [3.8, 4) is 5.75 Å². The molecule has 3 heterocycles. The molecule has 0 radical (unpaired) electrons. The third-order valence-electron chi connectivity index (χ3n) is 6.32. The smallest absolute Gasteiger partial charge is 0.412 e. The third kappa shape index (κ3) is 6.14. The summed E-state index contributed by atoms with van der Waals surface area (Å²) in [7, 11) is 1.78. The number of aromatic nitrogens is 3. The number of hydrogen-bond donors (Lipinski definition) is 2. The van der Waals surface area contributed by atoms with Gasteiger partial charge in [0.05, 0.1) is 5.69 Å². The molecule has 0 fully saturated rings. The number of carbonyl (C=O) groups is 2. The van der Waals surface area contributed by atoms with Gasteiger partial charge in [-0.2, -0.15) is 5.10 Å². The predicted molar refractivity (Wildman–Crippen MR) is 149 cm³/mol. The molecule has 10 nitrogen and oxygen atoms in total. The van der Waals surface area contributed by atoms with Gasteiger partial charge in [-0.3, -0.25) is 14.8 Å². The van der Waals surface area contributed by atoms with E-state index in [9.17, 15) is 9.59 Å². The zero-order valence-electron chi connectivity index (χ0n) is 22.8. The maximum absolute atomic E-state index is 15.7. The normalized spacial score (nSPS) is 13.5. The fourth-order valence-electron chi connectivity index (χ4n) is 4.32. The second kappa shape index (κ2) is 10.8. The van der Waals surface area contributed by atoms with E-state index in [1.165, 1.54) is 6.20 Å². The molecule has 4 aromatic rings. The van der Waals surface area contributed by atoms with E-state index in [2.05, 4.69) is 20.7 Å². The van der Waals surface area contributed by atoms with E-state index in [1.54, 1.807) is 49.5 Å². The highest BCUT2D eigenvalue weighted by Gasteiger charge is 2.23. The van der Waals surface area contributed by atoms with Crippen molar-refractivity contribution in [2.45, 2.75) is 45.9 Å². The average Bonchev–Trinajstić information content (AvgIpc) is 3.21. The fraction of sp³-hybridized carbons (Fsp3) is 0.310. The maximum atomic E-state index is 15.7. The zero-order valence-corrected chi connectivity index (χ0v) is 22.8. The number of carbonyl (C=O) groups excluding carboxylic acids is 2. The van der Waals surface area contributed by atoms with Crippen LogP contribution in [0, 0.1) is 5.82 Å². The molecule has 0 bridgehead atoms. The van der Waals surface area contributed by atoms with Gasteiger partial charge in [0.1, 0.15) is 24.6 Å². The lowest BCUT2D eigenvalue weighted by Gasteiger charge is -2.21. The molecule has 2 aromatic heterocycles. The highest BCUT2D eigenvalue weighted by Crippen LogP contribution is 2.35. The average molecular weight is 547 g/mol. The highest BCUT2D eigenvalue weighted by atomic mass is 19.1. The standard InChI is InChI=1S/C29H31FN6O4/c1-29(2,3)40-28(38)33-27-21-15-31-23(32-24-14-20-10-11-35(4)25(37)16-36(20)34-24)13-19(21)12-22(26(27)30)39-17-18-8-6-5-7-9-18/h5-9,12-15H,10-11,16-17H2,1-4H3,(H,33,38)(H,31,32,34). The quantitative estimate of drug-likeness (QED) is 0.340. The van der Waals surface area contributed by atoms with Gasteiger partial charge in [-0.05, 0) is 43.9 Å². The molecule has 2 amide bonds. The van der Waals surface area contributed by atoms with Crippen molar-refractivity contribution in [1.82, 2.24) is 19.7 Å². The Morgan fingerprint density at radius 1 is 1.12 bits per heavy atom. The summed E-state index contributed by atoms with van der Waals surface area (Å²) < 4.78 is 28.6. The predicted octanol–water partition coefficient (Wildman–Crippen LogP) is 5.25. The monoisotopic (exact) mass is 546 g/mol. The van der Waals surface area contributed by atoms with Crippen LogP contribution in [0.4, 0.5) is 26.5 Å². The summed E-state index contributed by atoms with van der Waals surface area (Å²) in [4.78, 5) is 30.9. The van der Waals surface area contributed by atoms with Crippen LogP contribution in [0.3, 0.4) is 0 Å². The van der Waals surface area contributed by atoms with Gasteiger partial charge in [0.25, 0.3) is 0 Å². The first kappa shape index (κ1) is 26.9. The first-order valence-corrected chi connectivity index (χ1v) is 12.9. The van der Waals surface area contributed by atoms with E-state index in [1.807, 2.05) is 36.4 Å². The summed E-state index contributed by atoms with van der Waals surface area (Å²) in [5.74, 6) is 0.217. The van der Waals surface area contributed by atoms with E-state index < -0.39 is 17.5 Å². The van der Waals surface area contributed by atoms with Gasteiger partial charge in [-0.25, -0.2) is 14.2 Å². The molecule has 2 aromatic carbocycles. The number of halogens is 1. The van der Waals surface area contributed by atoms with Gasteiger partial charge < -0.3 is 19.7 Å². The zero-order chi connectivity index (χ0) is 28.4. The van der Waals surface area contributed by atoms with E-state index >= 15 is 4.39 Å². The van der Waals surface area contributed by atoms with Crippen molar-refractivity contribution in [2.75, 3.05) is 24.2 Å². The minimum atomic E-state index is -0.796. The number of anilines is 3. The molecule has 0 atom stereocenters. The number of benzene rings is 2. The summed E-state index contributed by atoms with van der Waals surface area (Å²) in [5.41, 5.74) is 0.939. The first-order valence-electron chi connectivity index (χ1n) is 12.9. The number of ether oxygens (including phenoxy) is 2. The number of rotatable bonds is 6. The number of fused-ring (bicyclic) bond motifs is 2. The van der Waals surface area contributed by atoms with Crippen LogP contribution >= 0.6 is 0 Å². The Bertz CT molecular complexity index is 1560. The minimum Gasteiger partial charge on any atom is -0.486 e. The Kier molecular flexibility index (Phi) is 7.29. The van der Waals surface area contributed by atoms with Crippen LogP contribution in [0.15, 0.2) is 54.7 Å². The Morgan fingerprint density at radius 3 is 2.65 bits per heavy atom. The molecule has 0 unspecified atom stereocenters. The largest absolute Gasteiger partial charge is 0.486 e. The Morgan fingerprint density at radius 2 is 1.90 bits per heavy atom. The van der Waals surface area contributed by atoms with Crippen LogP contribution in [-0.2, 0) is 29.1 Å². The second-order valence-electron chi connectivity index (χ2n) is 10.6. The van der Waals surface area contributed by atoms with Gasteiger partial charge in [0.15, 0.2) is 17.4 Å². The molecular weight excluding hydrogens is 515 g/mol. The molecule has 5 rings (SSSR count). The van der Waals surface area contributed by atoms with Crippen LogP contribution < -0.4 is 15.4 Å². The Labute approximate surface area is 231 Å². The van der Waals surface area contributed by atoms with Gasteiger partial charge in [0, 0.05) is 43.4 Å². The number of nitrogens with one attached hydrogen (secondary N) is 2. The molecule has 11 heteroatoms. The van der Waals surface area contributed by atoms with Crippen molar-refractivity contribution >= 4 is 40.1 Å². The van der Waals surface area contributed by atoms with Gasteiger partial charge in [0.2, 0.25) is 5.91 Å². The highest BCUT2D eigenvalue weighted by molar-refractivity contribution is 6.02. The minimum absolute atomic E-state index is 0.00712. The number of likely N-dealkylation sites (N-methyl/N-ethyl adjacent to an activating group) is 1. The van der Waals surface area contributed by atoms with Crippen molar-refractivity contribution in [3.05, 3.63) is 71.8 Å². The van der Waals surface area contributed by atoms with E-state index in [4.69, 9.17) is 9.47 Å². The van der Waals surface area contributed by atoms with Crippen LogP contribution in [0.2, 0.25) is 0 Å². The maximum Gasteiger partial charge on any atom is 0.412 e. The molecule has 40 heavy (non-hydrogen) atoms. The molecule has 2 N–H and O–H groups in total. The summed E-state index contributed by atoms with van der Waals surface area (Å²) in [6.07, 6.45) is 1.35. The molecule has 0 saturated carbocycles. The number of amides is 2. The van der Waals surface area contributed by atoms with Crippen LogP contribution in [0.25, 0.3) is 10.8 Å². The van der Waals surface area contributed by atoms with Crippen molar-refractivity contribution in [2.24, 2.45) is 0 Å². The van der Waals surface area contributed by atoms with Crippen LogP contribution in [-0.4, -0.2) is 50.9 Å². The van der Waals surface area contributed by atoms with Crippen LogP contribution in [0.1, 0.15) is 32.0 Å². The molecule has 208 valence electrons. The van der Waals surface area contributed by atoms with Gasteiger partial charge in [-0.15, -0.1) is 0 Å². The lowest BCUT2D eigenvalue weighted by atomic mass is 10.1. The van der Waals surface area contributed by atoms with Crippen molar-refractivity contribution in [1.29, 1.82) is 0 Å². The molecule has 1 aliphatic heterocycles. The SMILES string of the molecule is CN1CCc2cc(Nc3cc4cc(OCc5ccccc5)c(F)c(NC(=O)OC(C)(C)C)c4cn3)nn2CC1=O. The lowest BCUT2D eigenvalue weighted by molar-refractivity contribution is -0.130.